The number of carbonyl (C=O) groups is 3. The number of carbonyl (C=O) groups excluding carboxylic acids is 3. The number of hydrogen-bond donors (Lipinski definition) is 1. The number of imide groups is 1. The highest BCUT2D eigenvalue weighted by atomic mass is 19.4. The van der Waals surface area contributed by atoms with E-state index in [1.54, 1.807) is 19.9 Å². The van der Waals surface area contributed by atoms with Crippen molar-refractivity contribution in [2.75, 3.05) is 16.8 Å². The minimum atomic E-state index is -4.85. The fraction of sp³-hybridized carbons (Fsp3) is 0.300. The molecule has 1 N–H and O–H groups in total. The molecule has 1 saturated heterocycles. The third kappa shape index (κ3) is 5.86. The minimum absolute atomic E-state index is 0.0484. The molecule has 2 aromatic rings. The summed E-state index contributed by atoms with van der Waals surface area (Å²) in [5.74, 6) is -0.791. The van der Waals surface area contributed by atoms with E-state index in [1.807, 2.05) is 0 Å². The zero-order valence-electron chi connectivity index (χ0n) is 17.0. The summed E-state index contributed by atoms with van der Waals surface area (Å²) in [4.78, 5) is 43.0. The van der Waals surface area contributed by atoms with Crippen molar-refractivity contribution in [2.45, 2.75) is 32.9 Å². The molecule has 2 heterocycles. The topological polar surface area (TPSA) is 101 Å². The van der Waals surface area contributed by atoms with E-state index < -0.39 is 30.1 Å². The van der Waals surface area contributed by atoms with Crippen molar-refractivity contribution in [3.05, 3.63) is 48.2 Å². The van der Waals surface area contributed by atoms with E-state index in [0.717, 1.165) is 17.0 Å². The molecule has 0 bridgehead atoms. The highest BCUT2D eigenvalue weighted by Gasteiger charge is 2.37. The molecule has 0 spiro atoms. The summed E-state index contributed by atoms with van der Waals surface area (Å²) >= 11 is 0. The van der Waals surface area contributed by atoms with Crippen molar-refractivity contribution in [3.8, 4) is 5.75 Å². The maximum atomic E-state index is 12.7. The van der Waals surface area contributed by atoms with Crippen LogP contribution in [0.1, 0.15) is 19.4 Å². The normalized spacial score (nSPS) is 14.2. The smallest absolute Gasteiger partial charge is 0.447 e. The molecule has 1 aliphatic rings. The first-order valence-electron chi connectivity index (χ1n) is 9.42. The third-order valence-corrected chi connectivity index (χ3v) is 4.14. The molecule has 12 heteroatoms. The lowest BCUT2D eigenvalue weighted by molar-refractivity contribution is -0.274. The van der Waals surface area contributed by atoms with E-state index in [0.29, 0.717) is 5.56 Å². The number of anilines is 2. The Labute approximate surface area is 180 Å². The third-order valence-electron chi connectivity index (χ3n) is 4.14. The Morgan fingerprint density at radius 3 is 2.50 bits per heavy atom. The Morgan fingerprint density at radius 2 is 1.88 bits per heavy atom. The second kappa shape index (κ2) is 9.12. The van der Waals surface area contributed by atoms with E-state index >= 15 is 0 Å². The number of rotatable bonds is 6. The zero-order chi connectivity index (χ0) is 23.5. The van der Waals surface area contributed by atoms with Gasteiger partial charge in [0.25, 0.3) is 5.91 Å². The van der Waals surface area contributed by atoms with Gasteiger partial charge in [0.15, 0.2) is 0 Å². The van der Waals surface area contributed by atoms with Gasteiger partial charge in [0, 0.05) is 12.7 Å². The molecule has 4 amide bonds. The monoisotopic (exact) mass is 452 g/mol. The Bertz CT molecular complexity index is 1010. The highest BCUT2D eigenvalue weighted by Crippen LogP contribution is 2.28. The number of benzene rings is 1. The van der Waals surface area contributed by atoms with Gasteiger partial charge in [0.1, 0.15) is 18.1 Å². The molecular weight excluding hydrogens is 433 g/mol. The summed E-state index contributed by atoms with van der Waals surface area (Å²) in [6.07, 6.45) is -4.41. The Balaban J connectivity index is 1.67. The lowest BCUT2D eigenvalue weighted by Crippen LogP contribution is -2.32. The number of hydrogen-bond acceptors (Lipinski definition) is 6. The van der Waals surface area contributed by atoms with Crippen molar-refractivity contribution >= 4 is 29.5 Å². The number of pyridine rings is 1. The average molecular weight is 452 g/mol. The van der Waals surface area contributed by atoms with Crippen LogP contribution in [0.25, 0.3) is 0 Å². The summed E-state index contributed by atoms with van der Waals surface area (Å²) < 4.78 is 45.7. The van der Waals surface area contributed by atoms with Gasteiger partial charge < -0.3 is 14.4 Å². The fourth-order valence-electron chi connectivity index (χ4n) is 2.93. The molecule has 1 aliphatic heterocycles. The average Bonchev–Trinajstić information content (AvgIpc) is 2.94. The van der Waals surface area contributed by atoms with Crippen LogP contribution in [-0.2, 0) is 16.1 Å². The van der Waals surface area contributed by atoms with Crippen LogP contribution in [0.3, 0.4) is 0 Å². The standard InChI is InChI=1S/C20H19F3N4O5/c1-12(2)31-18(29)25-16-9-13(7-8-24-16)10-26-11-17(28)27(19(26)30)14-3-5-15(6-4-14)32-20(21,22)23/h3-9,12H,10-11H2,1-2H3,(H,24,25,29). The number of nitrogens with zero attached hydrogens (tertiary/aromatic N) is 3. The van der Waals surface area contributed by atoms with Gasteiger partial charge in [0.05, 0.1) is 11.8 Å². The maximum absolute atomic E-state index is 12.7. The molecular formula is C20H19F3N4O5. The molecule has 0 aliphatic carbocycles. The molecule has 1 aromatic heterocycles. The van der Waals surface area contributed by atoms with E-state index in [4.69, 9.17) is 4.74 Å². The first-order valence-corrected chi connectivity index (χ1v) is 9.42. The van der Waals surface area contributed by atoms with Crippen LogP contribution in [-0.4, -0.2) is 46.9 Å². The van der Waals surface area contributed by atoms with Crippen LogP contribution in [0.5, 0.6) is 5.75 Å². The fourth-order valence-corrected chi connectivity index (χ4v) is 2.93. The second-order valence-corrected chi connectivity index (χ2v) is 7.04. The largest absolute Gasteiger partial charge is 0.573 e. The SMILES string of the molecule is CC(C)OC(=O)Nc1cc(CN2CC(=O)N(c3ccc(OC(F)(F)F)cc3)C2=O)ccn1. The van der Waals surface area contributed by atoms with E-state index in [1.165, 1.54) is 29.3 Å². The van der Waals surface area contributed by atoms with Crippen LogP contribution in [0, 0.1) is 0 Å². The number of aromatic nitrogens is 1. The predicted molar refractivity (Wildman–Crippen MR) is 106 cm³/mol. The quantitative estimate of drug-likeness (QED) is 0.667. The molecule has 9 nitrogen and oxygen atoms in total. The first kappa shape index (κ1) is 22.8. The summed E-state index contributed by atoms with van der Waals surface area (Å²) in [5.41, 5.74) is 0.710. The van der Waals surface area contributed by atoms with Gasteiger partial charge in [-0.2, -0.15) is 0 Å². The number of halogens is 3. The van der Waals surface area contributed by atoms with E-state index in [-0.39, 0.29) is 30.7 Å². The zero-order valence-corrected chi connectivity index (χ0v) is 17.0. The Morgan fingerprint density at radius 1 is 1.19 bits per heavy atom. The van der Waals surface area contributed by atoms with Crippen LogP contribution >= 0.6 is 0 Å². The summed E-state index contributed by atoms with van der Waals surface area (Å²) in [6.45, 7) is 3.22. The second-order valence-electron chi connectivity index (χ2n) is 7.04. The molecule has 0 radical (unpaired) electrons. The van der Waals surface area contributed by atoms with Crippen molar-refractivity contribution in [1.29, 1.82) is 0 Å². The number of nitrogens with one attached hydrogen (secondary N) is 1. The van der Waals surface area contributed by atoms with Gasteiger partial charge in [-0.05, 0) is 55.8 Å². The van der Waals surface area contributed by atoms with Crippen LogP contribution in [0.4, 0.5) is 34.3 Å². The molecule has 32 heavy (non-hydrogen) atoms. The van der Waals surface area contributed by atoms with Crippen LogP contribution in [0.2, 0.25) is 0 Å². The first-order chi connectivity index (χ1) is 15.0. The van der Waals surface area contributed by atoms with Crippen molar-refractivity contribution in [2.24, 2.45) is 0 Å². The van der Waals surface area contributed by atoms with Crippen LogP contribution < -0.4 is 15.0 Å². The molecule has 0 atom stereocenters. The highest BCUT2D eigenvalue weighted by molar-refractivity contribution is 6.19. The van der Waals surface area contributed by atoms with Crippen molar-refractivity contribution in [1.82, 2.24) is 9.88 Å². The van der Waals surface area contributed by atoms with Gasteiger partial charge in [-0.15, -0.1) is 13.2 Å². The summed E-state index contributed by atoms with van der Waals surface area (Å²) in [7, 11) is 0. The molecule has 0 saturated carbocycles. The summed E-state index contributed by atoms with van der Waals surface area (Å²) in [6, 6.07) is 6.93. The van der Waals surface area contributed by atoms with E-state index in [2.05, 4.69) is 15.0 Å². The van der Waals surface area contributed by atoms with E-state index in [9.17, 15) is 27.6 Å². The Kier molecular flexibility index (Phi) is 6.51. The molecule has 170 valence electrons. The summed E-state index contributed by atoms with van der Waals surface area (Å²) in [5, 5.41) is 2.47. The predicted octanol–water partition coefficient (Wildman–Crippen LogP) is 3.91. The number of urea groups is 1. The van der Waals surface area contributed by atoms with Crippen molar-refractivity contribution in [3.63, 3.8) is 0 Å². The van der Waals surface area contributed by atoms with Gasteiger partial charge in [-0.25, -0.2) is 19.5 Å². The number of alkyl halides is 3. The molecule has 1 fully saturated rings. The van der Waals surface area contributed by atoms with Crippen LogP contribution in [0.15, 0.2) is 42.6 Å². The lowest BCUT2D eigenvalue weighted by atomic mass is 10.2. The lowest BCUT2D eigenvalue weighted by Gasteiger charge is -2.18. The number of amides is 4. The molecule has 1 aromatic carbocycles. The molecule has 3 rings (SSSR count). The maximum Gasteiger partial charge on any atom is 0.573 e. The Hall–Kier alpha value is -3.83. The van der Waals surface area contributed by atoms with Gasteiger partial charge in [-0.3, -0.25) is 10.1 Å². The van der Waals surface area contributed by atoms with Gasteiger partial charge in [-0.1, -0.05) is 0 Å². The number of ether oxygens (including phenoxy) is 2. The minimum Gasteiger partial charge on any atom is -0.447 e. The molecule has 0 unspecified atom stereocenters. The van der Waals surface area contributed by atoms with Crippen molar-refractivity contribution < 1.29 is 37.0 Å². The van der Waals surface area contributed by atoms with Gasteiger partial charge in [0.2, 0.25) is 0 Å². The van der Waals surface area contributed by atoms with Gasteiger partial charge >= 0.3 is 18.5 Å².